The Hall–Kier alpha value is -4.09. The third kappa shape index (κ3) is 7.03. The van der Waals surface area contributed by atoms with Gasteiger partial charge in [-0.3, -0.25) is 0 Å². The van der Waals surface area contributed by atoms with Crippen molar-refractivity contribution in [1.29, 1.82) is 0 Å². The largest absolute Gasteiger partial charge is 0.490 e. The van der Waals surface area contributed by atoms with Crippen LogP contribution in [-0.2, 0) is 14.3 Å². The zero-order valence-corrected chi connectivity index (χ0v) is 28.5. The molecule has 5 heterocycles. The van der Waals surface area contributed by atoms with E-state index in [-0.39, 0.29) is 23.0 Å². The van der Waals surface area contributed by atoms with E-state index in [1.165, 1.54) is 6.07 Å². The molecule has 3 aliphatic heterocycles. The van der Waals surface area contributed by atoms with Crippen molar-refractivity contribution >= 4 is 17.4 Å². The molecule has 1 N–H and O–H groups in total. The lowest BCUT2D eigenvalue weighted by Gasteiger charge is -2.41. The summed E-state index contributed by atoms with van der Waals surface area (Å²) in [6.07, 6.45) is 2.25. The van der Waals surface area contributed by atoms with Crippen LogP contribution in [0.15, 0.2) is 42.5 Å². The Morgan fingerprint density at radius 3 is 2.54 bits per heavy atom. The average Bonchev–Trinajstić information content (AvgIpc) is 3.42. The molecule has 2 aromatic carbocycles. The zero-order chi connectivity index (χ0) is 34.4. The molecular formula is C37H44F2N4O5. The molecule has 256 valence electrons. The van der Waals surface area contributed by atoms with Crippen LogP contribution in [0, 0.1) is 18.6 Å². The van der Waals surface area contributed by atoms with E-state index in [1.807, 2.05) is 39.8 Å². The van der Waals surface area contributed by atoms with E-state index in [0.29, 0.717) is 65.7 Å². The predicted molar refractivity (Wildman–Crippen MR) is 179 cm³/mol. The van der Waals surface area contributed by atoms with Crippen molar-refractivity contribution in [3.05, 3.63) is 65.4 Å². The first-order valence-electron chi connectivity index (χ1n) is 16.7. The lowest BCUT2D eigenvalue weighted by molar-refractivity contribution is -0.160. The third-order valence-corrected chi connectivity index (χ3v) is 9.13. The number of nitrogens with zero attached hydrogens (tertiary/aromatic N) is 4. The van der Waals surface area contributed by atoms with Crippen LogP contribution in [0.2, 0.25) is 0 Å². The number of hydrogen-bond acceptors (Lipinski definition) is 7. The molecule has 0 spiro atoms. The quantitative estimate of drug-likeness (QED) is 0.236. The SMILES string of the molecule is Cc1nc2cc3nn2c(c1C(OC(C)(C)C)C(=O)O)N1CCC(C)(CC1)OCCCCC(C)Oc1cc(F)cc(F)c1-c1cccc-3c1. The summed E-state index contributed by atoms with van der Waals surface area (Å²) in [7, 11) is 0. The van der Waals surface area contributed by atoms with Gasteiger partial charge in [-0.1, -0.05) is 18.2 Å². The molecular weight excluding hydrogens is 618 g/mol. The minimum absolute atomic E-state index is 0.137. The third-order valence-electron chi connectivity index (χ3n) is 9.13. The van der Waals surface area contributed by atoms with Gasteiger partial charge in [-0.25, -0.2) is 18.6 Å². The van der Waals surface area contributed by atoms with Crippen LogP contribution in [0.25, 0.3) is 28.0 Å². The number of aryl methyl sites for hydroxylation is 1. The Morgan fingerprint density at radius 1 is 1.10 bits per heavy atom. The normalized spacial score (nSPS) is 21.2. The molecule has 1 fully saturated rings. The van der Waals surface area contributed by atoms with E-state index in [2.05, 4.69) is 11.8 Å². The van der Waals surface area contributed by atoms with E-state index in [0.717, 1.165) is 31.7 Å². The van der Waals surface area contributed by atoms with Crippen molar-refractivity contribution in [1.82, 2.24) is 14.6 Å². The number of aromatic nitrogens is 3. The Balaban J connectivity index is 1.55. The van der Waals surface area contributed by atoms with Crippen LogP contribution in [0.3, 0.4) is 0 Å². The van der Waals surface area contributed by atoms with Crippen molar-refractivity contribution in [3.63, 3.8) is 0 Å². The maximum absolute atomic E-state index is 15.5. The summed E-state index contributed by atoms with van der Waals surface area (Å²) in [5, 5.41) is 15.4. The predicted octanol–water partition coefficient (Wildman–Crippen LogP) is 7.92. The first-order valence-corrected chi connectivity index (χ1v) is 16.7. The van der Waals surface area contributed by atoms with Gasteiger partial charge in [0.05, 0.1) is 34.1 Å². The highest BCUT2D eigenvalue weighted by molar-refractivity contribution is 5.80. The number of carboxylic acid groups (broad SMARTS) is 1. The van der Waals surface area contributed by atoms with Crippen LogP contribution in [0.1, 0.15) is 84.1 Å². The molecule has 9 nitrogen and oxygen atoms in total. The number of anilines is 1. The van der Waals surface area contributed by atoms with E-state index < -0.39 is 29.3 Å². The summed E-state index contributed by atoms with van der Waals surface area (Å²) >= 11 is 0. The van der Waals surface area contributed by atoms with Crippen LogP contribution in [-0.4, -0.2) is 62.7 Å². The molecule has 7 rings (SSSR count). The molecule has 0 aliphatic carbocycles. The van der Waals surface area contributed by atoms with Crippen LogP contribution < -0.4 is 9.64 Å². The van der Waals surface area contributed by atoms with Gasteiger partial charge in [0.1, 0.15) is 23.2 Å². The average molecular weight is 663 g/mol. The van der Waals surface area contributed by atoms with Gasteiger partial charge >= 0.3 is 5.97 Å². The molecule has 0 radical (unpaired) electrons. The number of benzene rings is 2. The summed E-state index contributed by atoms with van der Waals surface area (Å²) in [5.41, 5.74) is 2.34. The summed E-state index contributed by atoms with van der Waals surface area (Å²) in [4.78, 5) is 19.8. The van der Waals surface area contributed by atoms with Crippen molar-refractivity contribution in [3.8, 4) is 28.1 Å². The van der Waals surface area contributed by atoms with Crippen molar-refractivity contribution in [2.24, 2.45) is 0 Å². The number of aliphatic carboxylic acids is 1. The summed E-state index contributed by atoms with van der Waals surface area (Å²) < 4.78 is 50.4. The fourth-order valence-corrected chi connectivity index (χ4v) is 6.67. The molecule has 0 saturated carbocycles. The van der Waals surface area contributed by atoms with Gasteiger partial charge in [0.2, 0.25) is 0 Å². The number of rotatable bonds is 3. The number of carboxylic acids is 1. The number of fused-ring (bicyclic) bond motifs is 8. The minimum Gasteiger partial charge on any atom is -0.490 e. The molecule has 11 heteroatoms. The first-order chi connectivity index (χ1) is 22.7. The lowest BCUT2D eigenvalue weighted by atomic mass is 9.92. The van der Waals surface area contributed by atoms with Gasteiger partial charge in [0, 0.05) is 49.2 Å². The summed E-state index contributed by atoms with van der Waals surface area (Å²) in [6.45, 7) is 13.1. The van der Waals surface area contributed by atoms with Gasteiger partial charge in [-0.2, -0.15) is 9.61 Å². The minimum atomic E-state index is -1.29. The second kappa shape index (κ2) is 13.1. The molecule has 2 aromatic heterocycles. The van der Waals surface area contributed by atoms with Crippen molar-refractivity contribution < 1.29 is 32.9 Å². The van der Waals surface area contributed by atoms with Crippen LogP contribution >= 0.6 is 0 Å². The smallest absolute Gasteiger partial charge is 0.337 e. The van der Waals surface area contributed by atoms with Gasteiger partial charge in [0.15, 0.2) is 11.8 Å². The monoisotopic (exact) mass is 662 g/mol. The molecule has 4 aromatic rings. The molecule has 6 bridgehead atoms. The van der Waals surface area contributed by atoms with Gasteiger partial charge in [-0.05, 0) is 85.3 Å². The molecule has 1 saturated heterocycles. The highest BCUT2D eigenvalue weighted by Crippen LogP contribution is 2.40. The van der Waals surface area contributed by atoms with E-state index in [9.17, 15) is 14.3 Å². The molecule has 2 atom stereocenters. The highest BCUT2D eigenvalue weighted by Gasteiger charge is 2.38. The maximum Gasteiger partial charge on any atom is 0.337 e. The summed E-state index contributed by atoms with van der Waals surface area (Å²) in [6, 6.07) is 11.1. The maximum atomic E-state index is 15.5. The Morgan fingerprint density at radius 2 is 1.83 bits per heavy atom. The highest BCUT2D eigenvalue weighted by atomic mass is 19.1. The second-order valence-corrected chi connectivity index (χ2v) is 14.2. The topological polar surface area (TPSA) is 98.4 Å². The zero-order valence-electron chi connectivity index (χ0n) is 28.5. The summed E-state index contributed by atoms with van der Waals surface area (Å²) in [5.74, 6) is -1.80. The number of piperidine rings is 1. The van der Waals surface area contributed by atoms with Crippen LogP contribution in [0.4, 0.5) is 14.6 Å². The number of ether oxygens (including phenoxy) is 3. The van der Waals surface area contributed by atoms with Gasteiger partial charge < -0.3 is 24.2 Å². The molecule has 3 aliphatic rings. The lowest BCUT2D eigenvalue weighted by Crippen LogP contribution is -2.46. The van der Waals surface area contributed by atoms with Crippen molar-refractivity contribution in [2.75, 3.05) is 24.6 Å². The van der Waals surface area contributed by atoms with Gasteiger partial charge in [-0.15, -0.1) is 0 Å². The Kier molecular flexibility index (Phi) is 9.21. The first kappa shape index (κ1) is 33.8. The van der Waals surface area contributed by atoms with Crippen LogP contribution in [0.5, 0.6) is 5.75 Å². The standard InChI is InChI=1S/C37H44F2N4O5/c1-22-10-7-8-17-46-37(6)13-15-42(16-14-37)34-31(33(35(44)45)48-36(3,4)5)23(2)40-30-21-28(41-43(30)34)24-11-9-12-25(18-24)32-27(39)19-26(38)20-29(32)47-22/h9,11-12,18-22,33H,7-8,10,13-17H2,1-6H3,(H,44,45). The second-order valence-electron chi connectivity index (χ2n) is 14.2. The van der Waals surface area contributed by atoms with E-state index in [1.54, 1.807) is 29.6 Å². The number of hydrogen-bond donors (Lipinski definition) is 1. The molecule has 48 heavy (non-hydrogen) atoms. The number of carbonyl (C=O) groups is 1. The fourth-order valence-electron chi connectivity index (χ4n) is 6.67. The Bertz CT molecular complexity index is 1830. The molecule has 2 unspecified atom stereocenters. The van der Waals surface area contributed by atoms with E-state index >= 15 is 4.39 Å². The molecule has 0 amide bonds. The van der Waals surface area contributed by atoms with E-state index in [4.69, 9.17) is 24.3 Å². The fraction of sp³-hybridized carbons (Fsp3) is 0.486. The van der Waals surface area contributed by atoms with Crippen molar-refractivity contribution in [2.45, 2.75) is 97.1 Å². The van der Waals surface area contributed by atoms with Gasteiger partial charge in [0.25, 0.3) is 0 Å². The number of halogens is 2. The Labute approximate surface area is 279 Å².